The molecule has 20 heavy (non-hydrogen) atoms. The standard InChI is InChI=1S/C17H22N2O/c1-12-5-4-6-13(7-12)14-18-8-16(2)9-19(14)11-17(3,10-18)15(16)20/h4-7,14H,8-11H2,1-3H3/p+2. The van der Waals surface area contributed by atoms with E-state index in [-0.39, 0.29) is 10.8 Å². The molecule has 1 aromatic rings. The number of ketones is 1. The monoisotopic (exact) mass is 272 g/mol. The van der Waals surface area contributed by atoms with Gasteiger partial charge in [-0.2, -0.15) is 0 Å². The summed E-state index contributed by atoms with van der Waals surface area (Å²) in [5.74, 6) is 0.528. The fraction of sp³-hybridized carbons (Fsp3) is 0.588. The lowest BCUT2D eigenvalue weighted by molar-refractivity contribution is -1.18. The summed E-state index contributed by atoms with van der Waals surface area (Å²) in [6, 6.07) is 8.94. The van der Waals surface area contributed by atoms with Gasteiger partial charge in [0.15, 0.2) is 5.78 Å². The number of rotatable bonds is 1. The average Bonchev–Trinajstić information content (AvgIpc) is 2.34. The van der Waals surface area contributed by atoms with Crippen LogP contribution in [0.25, 0.3) is 0 Å². The molecule has 0 radical (unpaired) electrons. The lowest BCUT2D eigenvalue weighted by Gasteiger charge is -2.58. The maximum Gasteiger partial charge on any atom is 0.240 e. The van der Waals surface area contributed by atoms with Crippen LogP contribution in [0, 0.1) is 17.8 Å². The van der Waals surface area contributed by atoms with Crippen LogP contribution in [0.15, 0.2) is 24.3 Å². The van der Waals surface area contributed by atoms with Gasteiger partial charge in [0.2, 0.25) is 6.17 Å². The molecule has 4 aliphatic heterocycles. The van der Waals surface area contributed by atoms with Gasteiger partial charge in [-0.1, -0.05) is 17.7 Å². The van der Waals surface area contributed by atoms with Crippen LogP contribution >= 0.6 is 0 Å². The lowest BCUT2D eigenvalue weighted by Crippen LogP contribution is -3.41. The van der Waals surface area contributed by atoms with Crippen LogP contribution in [0.3, 0.4) is 0 Å². The quantitative estimate of drug-likeness (QED) is 0.701. The van der Waals surface area contributed by atoms with Gasteiger partial charge in [-0.25, -0.2) is 0 Å². The van der Waals surface area contributed by atoms with Gasteiger partial charge >= 0.3 is 0 Å². The van der Waals surface area contributed by atoms with Gasteiger partial charge in [0, 0.05) is 0 Å². The molecule has 5 rings (SSSR count). The summed E-state index contributed by atoms with van der Waals surface area (Å²) in [5, 5.41) is 0. The Labute approximate surface area is 120 Å². The zero-order chi connectivity index (χ0) is 14.1. The molecule has 4 saturated heterocycles. The number of nitrogens with one attached hydrogen (secondary N) is 2. The minimum Gasteiger partial charge on any atom is -0.297 e. The number of aryl methyl sites for hydroxylation is 1. The van der Waals surface area contributed by atoms with Gasteiger partial charge in [-0.05, 0) is 32.9 Å². The Morgan fingerprint density at radius 3 is 2.10 bits per heavy atom. The first kappa shape index (κ1) is 12.5. The number of benzene rings is 1. The number of hydrogen-bond donors (Lipinski definition) is 2. The third kappa shape index (κ3) is 1.51. The highest BCUT2D eigenvalue weighted by Crippen LogP contribution is 2.36. The smallest absolute Gasteiger partial charge is 0.240 e. The van der Waals surface area contributed by atoms with E-state index in [1.54, 1.807) is 9.80 Å². The summed E-state index contributed by atoms with van der Waals surface area (Å²) in [6.07, 6.45) is 0.532. The second-order valence-electron chi connectivity index (χ2n) is 7.82. The van der Waals surface area contributed by atoms with E-state index in [1.165, 1.54) is 11.1 Å². The first-order valence-electron chi connectivity index (χ1n) is 7.72. The zero-order valence-corrected chi connectivity index (χ0v) is 12.6. The van der Waals surface area contributed by atoms with E-state index in [9.17, 15) is 4.79 Å². The number of carbonyl (C=O) groups excluding carboxylic acids is 1. The molecule has 0 saturated carbocycles. The van der Waals surface area contributed by atoms with Gasteiger partial charge in [0.05, 0.1) is 31.7 Å². The van der Waals surface area contributed by atoms with Crippen molar-refractivity contribution in [3.8, 4) is 0 Å². The first-order chi connectivity index (χ1) is 9.41. The van der Waals surface area contributed by atoms with E-state index in [0.717, 1.165) is 26.2 Å². The molecule has 3 heteroatoms. The number of carbonyl (C=O) groups is 1. The molecule has 0 atom stereocenters. The molecule has 4 bridgehead atoms. The number of quaternary nitrogens is 2. The molecule has 1 aromatic carbocycles. The predicted octanol–water partition coefficient (Wildman–Crippen LogP) is -0.614. The molecule has 0 unspecified atom stereocenters. The average molecular weight is 272 g/mol. The molecule has 3 nitrogen and oxygen atoms in total. The van der Waals surface area contributed by atoms with Crippen molar-refractivity contribution in [1.82, 2.24) is 0 Å². The van der Waals surface area contributed by atoms with E-state index in [1.807, 2.05) is 0 Å². The van der Waals surface area contributed by atoms with Crippen molar-refractivity contribution in [2.45, 2.75) is 26.9 Å². The third-order valence-corrected chi connectivity index (χ3v) is 5.76. The van der Waals surface area contributed by atoms with Gasteiger partial charge < -0.3 is 0 Å². The topological polar surface area (TPSA) is 26.0 Å². The predicted molar refractivity (Wildman–Crippen MR) is 76.5 cm³/mol. The Morgan fingerprint density at radius 1 is 1.05 bits per heavy atom. The van der Waals surface area contributed by atoms with Crippen LogP contribution in [-0.4, -0.2) is 32.0 Å². The number of Topliss-reactive ketones (excluding diaryl/α,β-unsaturated/α-hetero) is 1. The maximum absolute atomic E-state index is 12.7. The van der Waals surface area contributed by atoms with Crippen molar-refractivity contribution in [3.05, 3.63) is 35.4 Å². The summed E-state index contributed by atoms with van der Waals surface area (Å²) >= 11 is 0. The summed E-state index contributed by atoms with van der Waals surface area (Å²) in [4.78, 5) is 15.9. The van der Waals surface area contributed by atoms with Crippen LogP contribution in [0.1, 0.15) is 31.1 Å². The van der Waals surface area contributed by atoms with Crippen LogP contribution in [0.2, 0.25) is 0 Å². The van der Waals surface area contributed by atoms with Crippen molar-refractivity contribution >= 4 is 5.78 Å². The van der Waals surface area contributed by atoms with Crippen molar-refractivity contribution in [3.63, 3.8) is 0 Å². The molecule has 4 aliphatic rings. The highest BCUT2D eigenvalue weighted by molar-refractivity contribution is 5.91. The van der Waals surface area contributed by atoms with Gasteiger partial charge in [-0.3, -0.25) is 14.6 Å². The third-order valence-electron chi connectivity index (χ3n) is 5.76. The molecule has 106 valence electrons. The summed E-state index contributed by atoms with van der Waals surface area (Å²) in [6.45, 7) is 10.6. The molecule has 0 amide bonds. The molecule has 2 N–H and O–H groups in total. The van der Waals surface area contributed by atoms with Crippen molar-refractivity contribution < 1.29 is 14.6 Å². The van der Waals surface area contributed by atoms with Gasteiger partial charge in [-0.15, -0.1) is 0 Å². The maximum atomic E-state index is 12.7. The molecule has 4 fully saturated rings. The molecular weight excluding hydrogens is 248 g/mol. The summed E-state index contributed by atoms with van der Waals surface area (Å²) in [5.41, 5.74) is 2.62. The van der Waals surface area contributed by atoms with Gasteiger partial charge in [0.1, 0.15) is 10.8 Å². The largest absolute Gasteiger partial charge is 0.297 e. The second-order valence-corrected chi connectivity index (χ2v) is 7.82. The highest BCUT2D eigenvalue weighted by atomic mass is 16.1. The highest BCUT2D eigenvalue weighted by Gasteiger charge is 2.68. The van der Waals surface area contributed by atoms with Crippen molar-refractivity contribution in [2.24, 2.45) is 10.8 Å². The van der Waals surface area contributed by atoms with E-state index < -0.39 is 0 Å². The van der Waals surface area contributed by atoms with Crippen molar-refractivity contribution in [1.29, 1.82) is 0 Å². The van der Waals surface area contributed by atoms with E-state index >= 15 is 0 Å². The Balaban J connectivity index is 1.76. The molecular formula is C17H24N2O+2. The molecule has 4 heterocycles. The van der Waals surface area contributed by atoms with Crippen molar-refractivity contribution in [2.75, 3.05) is 26.2 Å². The Hall–Kier alpha value is -1.19. The van der Waals surface area contributed by atoms with E-state index in [2.05, 4.69) is 45.0 Å². The van der Waals surface area contributed by atoms with Crippen LogP contribution < -0.4 is 9.80 Å². The molecule has 0 aliphatic carbocycles. The molecule has 0 aromatic heterocycles. The second kappa shape index (κ2) is 3.71. The minimum absolute atomic E-state index is 0.0871. The fourth-order valence-corrected chi connectivity index (χ4v) is 5.32. The van der Waals surface area contributed by atoms with Crippen LogP contribution in [-0.2, 0) is 4.79 Å². The van der Waals surface area contributed by atoms with Gasteiger partial charge in [0.25, 0.3) is 0 Å². The minimum atomic E-state index is -0.0871. The summed E-state index contributed by atoms with van der Waals surface area (Å²) < 4.78 is 0. The Bertz CT molecular complexity index is 554. The zero-order valence-electron chi connectivity index (χ0n) is 12.6. The SMILES string of the molecule is Cc1cccc(C2[NH+]3CC4(C)C[NH+]2CC(C)(C3)C4=O)c1. The van der Waals surface area contributed by atoms with E-state index in [0.29, 0.717) is 11.9 Å². The van der Waals surface area contributed by atoms with Crippen LogP contribution in [0.5, 0.6) is 0 Å². The van der Waals surface area contributed by atoms with Crippen LogP contribution in [0.4, 0.5) is 0 Å². The molecule has 0 spiro atoms. The fourth-order valence-electron chi connectivity index (χ4n) is 5.32. The first-order valence-corrected chi connectivity index (χ1v) is 7.72. The number of hydrogen-bond acceptors (Lipinski definition) is 1. The normalized spacial score (nSPS) is 46.0. The number of piperidine rings is 2. The summed E-state index contributed by atoms with van der Waals surface area (Å²) in [7, 11) is 0. The Kier molecular flexibility index (Phi) is 2.33. The Morgan fingerprint density at radius 2 is 1.60 bits per heavy atom. The van der Waals surface area contributed by atoms with E-state index in [4.69, 9.17) is 0 Å². The lowest BCUT2D eigenvalue weighted by atomic mass is 9.62.